The van der Waals surface area contributed by atoms with Crippen molar-refractivity contribution < 1.29 is 33.0 Å². The summed E-state index contributed by atoms with van der Waals surface area (Å²) < 4.78 is 31.7. The molecule has 1 amide bonds. The number of hydrogen-bond acceptors (Lipinski definition) is 4. The third-order valence-electron chi connectivity index (χ3n) is 7.68. The summed E-state index contributed by atoms with van der Waals surface area (Å²) in [5.41, 5.74) is 5.44. The minimum atomic E-state index is -5.08. The number of likely N-dealkylation sites (tertiary alicyclic amines) is 1. The van der Waals surface area contributed by atoms with Gasteiger partial charge in [0.15, 0.2) is 0 Å². The van der Waals surface area contributed by atoms with Crippen LogP contribution >= 0.6 is 0 Å². The molecule has 1 heterocycles. The lowest BCUT2D eigenvalue weighted by Crippen LogP contribution is -2.43. The maximum absolute atomic E-state index is 12.7. The molecule has 2 fully saturated rings. The van der Waals surface area contributed by atoms with E-state index in [4.69, 9.17) is 9.90 Å². The number of nitrogens with one attached hydrogen (secondary N) is 1. The summed E-state index contributed by atoms with van der Waals surface area (Å²) in [6, 6.07) is 17.7. The number of rotatable bonds is 5. The minimum Gasteiger partial charge on any atom is -0.475 e. The highest BCUT2D eigenvalue weighted by atomic mass is 19.4. The predicted octanol–water partition coefficient (Wildman–Crippen LogP) is 4.60. The second-order valence-corrected chi connectivity index (χ2v) is 10.6. The Balaban J connectivity index is 0.000000405. The Labute approximate surface area is 214 Å². The number of alkyl halides is 3. The highest BCUT2D eigenvalue weighted by molar-refractivity contribution is 5.80. The molecule has 9 heteroatoms. The zero-order chi connectivity index (χ0) is 26.9. The molecule has 0 unspecified atom stereocenters. The van der Waals surface area contributed by atoms with Gasteiger partial charge in [-0.2, -0.15) is 13.2 Å². The lowest BCUT2D eigenvalue weighted by molar-refractivity contribution is -0.192. The fourth-order valence-electron chi connectivity index (χ4n) is 5.60. The van der Waals surface area contributed by atoms with Gasteiger partial charge in [0.2, 0.25) is 5.91 Å². The molecule has 200 valence electrons. The average molecular weight is 519 g/mol. The highest BCUT2D eigenvalue weighted by Crippen LogP contribution is 2.49. The van der Waals surface area contributed by atoms with Crippen LogP contribution in [-0.4, -0.2) is 52.4 Å². The Morgan fingerprint density at radius 2 is 1.62 bits per heavy atom. The van der Waals surface area contributed by atoms with Gasteiger partial charge in [-0.25, -0.2) is 4.79 Å². The SMILES string of the molecule is CC(C)c1ccc(CN2C[C@@H]3[C@H](NC(=O)C4CC(O)C4)c4ccccc4[C@@H]3C2)cc1.O=C(O)C(F)(F)F. The second kappa shape index (κ2) is 10.8. The maximum atomic E-state index is 12.7. The second-order valence-electron chi connectivity index (χ2n) is 10.6. The van der Waals surface area contributed by atoms with Gasteiger partial charge in [0.25, 0.3) is 0 Å². The number of carboxylic acid groups (broad SMARTS) is 1. The summed E-state index contributed by atoms with van der Waals surface area (Å²) in [6.07, 6.45) is -4.17. The lowest BCUT2D eigenvalue weighted by Gasteiger charge is -2.32. The molecular weight excluding hydrogens is 485 g/mol. The zero-order valence-electron chi connectivity index (χ0n) is 20.9. The van der Waals surface area contributed by atoms with E-state index < -0.39 is 12.1 Å². The third-order valence-corrected chi connectivity index (χ3v) is 7.68. The zero-order valence-corrected chi connectivity index (χ0v) is 20.9. The molecule has 2 aromatic rings. The first kappa shape index (κ1) is 27.1. The largest absolute Gasteiger partial charge is 0.490 e. The summed E-state index contributed by atoms with van der Waals surface area (Å²) in [4.78, 5) is 24.2. The van der Waals surface area contributed by atoms with E-state index in [-0.39, 0.29) is 24.0 Å². The summed E-state index contributed by atoms with van der Waals surface area (Å²) >= 11 is 0. The number of carbonyl (C=O) groups excluding carboxylic acids is 1. The molecule has 3 atom stereocenters. The van der Waals surface area contributed by atoms with Gasteiger partial charge >= 0.3 is 12.1 Å². The lowest BCUT2D eigenvalue weighted by atomic mass is 9.81. The predicted molar refractivity (Wildman–Crippen MR) is 132 cm³/mol. The molecule has 37 heavy (non-hydrogen) atoms. The van der Waals surface area contributed by atoms with E-state index >= 15 is 0 Å². The van der Waals surface area contributed by atoms with Gasteiger partial charge in [-0.1, -0.05) is 62.4 Å². The fourth-order valence-corrected chi connectivity index (χ4v) is 5.60. The van der Waals surface area contributed by atoms with Crippen LogP contribution in [0.2, 0.25) is 0 Å². The Morgan fingerprint density at radius 1 is 1.03 bits per heavy atom. The molecule has 0 aromatic heterocycles. The number of carboxylic acids is 1. The van der Waals surface area contributed by atoms with Crippen molar-refractivity contribution in [1.82, 2.24) is 10.2 Å². The molecule has 5 rings (SSSR count). The molecule has 0 bridgehead atoms. The van der Waals surface area contributed by atoms with E-state index in [9.17, 15) is 23.1 Å². The third kappa shape index (κ3) is 6.15. The van der Waals surface area contributed by atoms with Crippen molar-refractivity contribution in [3.63, 3.8) is 0 Å². The van der Waals surface area contributed by atoms with Crippen LogP contribution in [0.4, 0.5) is 13.2 Å². The Bertz CT molecular complexity index is 1110. The van der Waals surface area contributed by atoms with Gasteiger partial charge in [-0.05, 0) is 41.0 Å². The molecule has 1 aliphatic heterocycles. The molecule has 3 aliphatic rings. The van der Waals surface area contributed by atoms with Gasteiger partial charge in [-0.3, -0.25) is 9.69 Å². The summed E-state index contributed by atoms with van der Waals surface area (Å²) in [7, 11) is 0. The maximum Gasteiger partial charge on any atom is 0.490 e. The molecule has 2 aliphatic carbocycles. The summed E-state index contributed by atoms with van der Waals surface area (Å²) in [6.45, 7) is 7.47. The van der Waals surface area contributed by atoms with E-state index in [1.165, 1.54) is 22.3 Å². The number of carbonyl (C=O) groups is 2. The number of benzene rings is 2. The van der Waals surface area contributed by atoms with Crippen LogP contribution in [0.5, 0.6) is 0 Å². The highest BCUT2D eigenvalue weighted by Gasteiger charge is 2.47. The van der Waals surface area contributed by atoms with Gasteiger partial charge in [0.1, 0.15) is 0 Å². The van der Waals surface area contributed by atoms with Crippen LogP contribution in [0, 0.1) is 11.8 Å². The van der Waals surface area contributed by atoms with E-state index in [0.717, 1.165) is 19.6 Å². The Hall–Kier alpha value is -2.91. The van der Waals surface area contributed by atoms with Crippen molar-refractivity contribution in [3.8, 4) is 0 Å². The Kier molecular flexibility index (Phi) is 7.94. The molecular formula is C28H33F3N2O4. The number of halogens is 3. The number of nitrogens with zero attached hydrogens (tertiary/aromatic N) is 1. The first-order valence-electron chi connectivity index (χ1n) is 12.6. The molecule has 2 aromatic carbocycles. The summed E-state index contributed by atoms with van der Waals surface area (Å²) in [5.74, 6) is -1.21. The standard InChI is InChI=1S/C26H32N2O2.C2HF3O2/c1-16(2)18-9-7-17(8-10-18)13-28-14-23-21-5-3-4-6-22(21)25(24(23)15-28)27-26(30)19-11-20(29)12-19;3-2(4,5)1(6)7/h3-10,16,19-20,23-25,29H,11-15H2,1-2H3,(H,27,30);(H,6,7)/t19?,20?,23-,24-,25+;/m0./s1. The number of aliphatic carboxylic acids is 1. The minimum absolute atomic E-state index is 0.0248. The van der Waals surface area contributed by atoms with Crippen molar-refractivity contribution in [2.75, 3.05) is 13.1 Å². The van der Waals surface area contributed by atoms with Crippen LogP contribution < -0.4 is 5.32 Å². The number of hydrogen-bond donors (Lipinski definition) is 3. The van der Waals surface area contributed by atoms with Crippen molar-refractivity contribution in [2.45, 2.75) is 63.4 Å². The number of aliphatic hydroxyl groups excluding tert-OH is 1. The first-order chi connectivity index (χ1) is 17.4. The molecule has 3 N–H and O–H groups in total. The van der Waals surface area contributed by atoms with Gasteiger partial charge in [0.05, 0.1) is 12.1 Å². The van der Waals surface area contributed by atoms with E-state index in [0.29, 0.717) is 30.6 Å². The van der Waals surface area contributed by atoms with E-state index in [2.05, 4.69) is 72.6 Å². The average Bonchev–Trinajstić information content (AvgIpc) is 3.35. The summed E-state index contributed by atoms with van der Waals surface area (Å²) in [5, 5.41) is 20.1. The van der Waals surface area contributed by atoms with Crippen molar-refractivity contribution >= 4 is 11.9 Å². The van der Waals surface area contributed by atoms with Gasteiger partial charge in [-0.15, -0.1) is 0 Å². The number of aliphatic hydroxyl groups is 1. The van der Waals surface area contributed by atoms with Crippen LogP contribution in [0.3, 0.4) is 0 Å². The normalized spacial score (nSPS) is 26.5. The first-order valence-corrected chi connectivity index (χ1v) is 12.6. The quantitative estimate of drug-likeness (QED) is 0.538. The van der Waals surface area contributed by atoms with Crippen LogP contribution in [-0.2, 0) is 16.1 Å². The van der Waals surface area contributed by atoms with E-state index in [1.807, 2.05) is 0 Å². The smallest absolute Gasteiger partial charge is 0.475 e. The molecule has 0 spiro atoms. The van der Waals surface area contributed by atoms with Crippen LogP contribution in [0.1, 0.15) is 66.8 Å². The fraction of sp³-hybridized carbons (Fsp3) is 0.500. The Morgan fingerprint density at radius 3 is 2.16 bits per heavy atom. The van der Waals surface area contributed by atoms with Crippen molar-refractivity contribution in [1.29, 1.82) is 0 Å². The van der Waals surface area contributed by atoms with Crippen LogP contribution in [0.25, 0.3) is 0 Å². The van der Waals surface area contributed by atoms with E-state index in [1.54, 1.807) is 0 Å². The number of fused-ring (bicyclic) bond motifs is 3. The van der Waals surface area contributed by atoms with Crippen molar-refractivity contribution in [3.05, 3.63) is 70.8 Å². The molecule has 1 saturated heterocycles. The molecule has 0 radical (unpaired) electrons. The van der Waals surface area contributed by atoms with Crippen molar-refractivity contribution in [2.24, 2.45) is 11.8 Å². The monoisotopic (exact) mass is 518 g/mol. The molecule has 1 saturated carbocycles. The van der Waals surface area contributed by atoms with Gasteiger partial charge < -0.3 is 15.5 Å². The molecule has 6 nitrogen and oxygen atoms in total. The topological polar surface area (TPSA) is 89.9 Å². The number of amides is 1. The van der Waals surface area contributed by atoms with Crippen LogP contribution in [0.15, 0.2) is 48.5 Å². The van der Waals surface area contributed by atoms with Gasteiger partial charge in [0, 0.05) is 37.4 Å².